The molecule has 0 amide bonds. The molecule has 0 aliphatic heterocycles. The molecular weight excluding hydrogens is 276 g/mol. The van der Waals surface area contributed by atoms with E-state index in [-0.39, 0.29) is 17.5 Å². The third-order valence-corrected chi connectivity index (χ3v) is 3.10. The van der Waals surface area contributed by atoms with E-state index in [0.29, 0.717) is 22.4 Å². The van der Waals surface area contributed by atoms with Crippen molar-refractivity contribution in [2.24, 2.45) is 0 Å². The van der Waals surface area contributed by atoms with Gasteiger partial charge in [-0.2, -0.15) is 4.98 Å². The Morgan fingerprint density at radius 3 is 2.67 bits per heavy atom. The number of hydrogen-bond acceptors (Lipinski definition) is 4. The van der Waals surface area contributed by atoms with Crippen LogP contribution in [0.4, 0.5) is 14.5 Å². The van der Waals surface area contributed by atoms with Crippen molar-refractivity contribution in [1.29, 1.82) is 0 Å². The molecule has 3 aromatic rings. The molecule has 0 aliphatic rings. The molecule has 6 heteroatoms. The molecule has 0 spiro atoms. The summed E-state index contributed by atoms with van der Waals surface area (Å²) in [4.78, 5) is 4.13. The number of benzene rings is 2. The van der Waals surface area contributed by atoms with Gasteiger partial charge in [0, 0.05) is 11.3 Å². The molecule has 0 aliphatic carbocycles. The van der Waals surface area contributed by atoms with Crippen LogP contribution in [0.2, 0.25) is 0 Å². The normalized spacial score (nSPS) is 10.8. The number of hydrogen-bond donors (Lipinski definition) is 1. The largest absolute Gasteiger partial charge is 0.398 e. The summed E-state index contributed by atoms with van der Waals surface area (Å²) in [5.41, 5.74) is 7.39. The van der Waals surface area contributed by atoms with Gasteiger partial charge in [0.1, 0.15) is 11.6 Å². The molecule has 2 aromatic carbocycles. The van der Waals surface area contributed by atoms with Gasteiger partial charge in [0.25, 0.3) is 5.89 Å². The molecule has 0 radical (unpaired) electrons. The summed E-state index contributed by atoms with van der Waals surface area (Å²) in [5, 5.41) is 3.77. The van der Waals surface area contributed by atoms with Crippen molar-refractivity contribution < 1.29 is 13.3 Å². The summed E-state index contributed by atoms with van der Waals surface area (Å²) in [6, 6.07) is 8.49. The zero-order chi connectivity index (χ0) is 15.0. The van der Waals surface area contributed by atoms with Gasteiger partial charge in [-0.05, 0) is 36.8 Å². The lowest BCUT2D eigenvalue weighted by Crippen LogP contribution is -1.91. The van der Waals surface area contributed by atoms with Crippen LogP contribution in [0.1, 0.15) is 5.56 Å². The number of nitrogen functional groups attached to an aromatic ring is 1. The van der Waals surface area contributed by atoms with Gasteiger partial charge in [-0.15, -0.1) is 0 Å². The van der Waals surface area contributed by atoms with Crippen molar-refractivity contribution in [3.8, 4) is 22.8 Å². The Morgan fingerprint density at radius 1 is 1.10 bits per heavy atom. The van der Waals surface area contributed by atoms with Crippen molar-refractivity contribution in [3.63, 3.8) is 0 Å². The van der Waals surface area contributed by atoms with Gasteiger partial charge in [0.2, 0.25) is 5.82 Å². The highest BCUT2D eigenvalue weighted by molar-refractivity contribution is 5.71. The van der Waals surface area contributed by atoms with Crippen molar-refractivity contribution in [3.05, 3.63) is 53.6 Å². The van der Waals surface area contributed by atoms with Gasteiger partial charge in [-0.25, -0.2) is 8.78 Å². The van der Waals surface area contributed by atoms with Crippen LogP contribution in [-0.2, 0) is 0 Å². The Morgan fingerprint density at radius 2 is 1.90 bits per heavy atom. The number of aromatic nitrogens is 2. The molecule has 0 bridgehead atoms. The van der Waals surface area contributed by atoms with E-state index in [2.05, 4.69) is 10.1 Å². The molecule has 4 nitrogen and oxygen atoms in total. The van der Waals surface area contributed by atoms with E-state index in [1.165, 1.54) is 24.3 Å². The van der Waals surface area contributed by atoms with Crippen molar-refractivity contribution in [2.75, 3.05) is 5.73 Å². The van der Waals surface area contributed by atoms with Gasteiger partial charge in [0.15, 0.2) is 0 Å². The third kappa shape index (κ3) is 2.47. The SMILES string of the molecule is Cc1ccc(-c2noc(-c3cc(F)ccc3N)n2)cc1F. The number of nitrogens with two attached hydrogens (primary N) is 1. The Hall–Kier alpha value is -2.76. The van der Waals surface area contributed by atoms with E-state index >= 15 is 0 Å². The van der Waals surface area contributed by atoms with Crippen LogP contribution in [0.3, 0.4) is 0 Å². The van der Waals surface area contributed by atoms with E-state index in [4.69, 9.17) is 10.3 Å². The summed E-state index contributed by atoms with van der Waals surface area (Å²) >= 11 is 0. The molecule has 0 fully saturated rings. The lowest BCUT2D eigenvalue weighted by Gasteiger charge is -2.00. The molecule has 21 heavy (non-hydrogen) atoms. The molecule has 0 saturated heterocycles. The maximum Gasteiger partial charge on any atom is 0.260 e. The first-order valence-electron chi connectivity index (χ1n) is 6.20. The fourth-order valence-electron chi connectivity index (χ4n) is 1.90. The minimum Gasteiger partial charge on any atom is -0.398 e. The fourth-order valence-corrected chi connectivity index (χ4v) is 1.90. The molecule has 0 saturated carbocycles. The maximum atomic E-state index is 13.6. The van der Waals surface area contributed by atoms with Crippen LogP contribution in [0.5, 0.6) is 0 Å². The number of aryl methyl sites for hydroxylation is 1. The monoisotopic (exact) mass is 287 g/mol. The summed E-state index contributed by atoms with van der Waals surface area (Å²) in [6.07, 6.45) is 0. The summed E-state index contributed by atoms with van der Waals surface area (Å²) in [7, 11) is 0. The third-order valence-electron chi connectivity index (χ3n) is 3.10. The second kappa shape index (κ2) is 4.97. The van der Waals surface area contributed by atoms with E-state index < -0.39 is 5.82 Å². The number of halogens is 2. The van der Waals surface area contributed by atoms with Crippen LogP contribution in [0.25, 0.3) is 22.8 Å². The van der Waals surface area contributed by atoms with Gasteiger partial charge in [0.05, 0.1) is 5.56 Å². The summed E-state index contributed by atoms with van der Waals surface area (Å²) < 4.78 is 31.9. The van der Waals surface area contributed by atoms with Crippen LogP contribution >= 0.6 is 0 Å². The fraction of sp³-hybridized carbons (Fsp3) is 0.0667. The van der Waals surface area contributed by atoms with Crippen LogP contribution < -0.4 is 5.73 Å². The lowest BCUT2D eigenvalue weighted by atomic mass is 10.1. The Kier molecular flexibility index (Phi) is 3.13. The molecule has 1 aromatic heterocycles. The zero-order valence-electron chi connectivity index (χ0n) is 11.1. The maximum absolute atomic E-state index is 13.6. The molecular formula is C15H11F2N3O. The molecule has 2 N–H and O–H groups in total. The summed E-state index contributed by atoms with van der Waals surface area (Å²) in [6.45, 7) is 1.66. The highest BCUT2D eigenvalue weighted by atomic mass is 19.1. The quantitative estimate of drug-likeness (QED) is 0.732. The van der Waals surface area contributed by atoms with E-state index in [0.717, 1.165) is 0 Å². The smallest absolute Gasteiger partial charge is 0.260 e. The first-order valence-corrected chi connectivity index (χ1v) is 6.20. The van der Waals surface area contributed by atoms with Gasteiger partial charge in [-0.3, -0.25) is 0 Å². The molecule has 3 rings (SSSR count). The van der Waals surface area contributed by atoms with Crippen LogP contribution in [0.15, 0.2) is 40.9 Å². The van der Waals surface area contributed by atoms with E-state index in [1.54, 1.807) is 19.1 Å². The summed E-state index contributed by atoms with van der Waals surface area (Å²) in [5.74, 6) is -0.514. The Labute approximate surface area is 119 Å². The predicted octanol–water partition coefficient (Wildman–Crippen LogP) is 3.57. The van der Waals surface area contributed by atoms with Crippen molar-refractivity contribution in [2.45, 2.75) is 6.92 Å². The second-order valence-corrected chi connectivity index (χ2v) is 4.62. The topological polar surface area (TPSA) is 64.9 Å². The standard InChI is InChI=1S/C15H11F2N3O/c1-8-2-3-9(6-12(8)17)14-19-15(21-20-14)11-7-10(16)4-5-13(11)18/h2-7H,18H2,1H3. The predicted molar refractivity (Wildman–Crippen MR) is 74.2 cm³/mol. The zero-order valence-corrected chi connectivity index (χ0v) is 11.1. The van der Waals surface area contributed by atoms with Crippen LogP contribution in [0, 0.1) is 18.6 Å². The average Bonchev–Trinajstić information content (AvgIpc) is 2.94. The van der Waals surface area contributed by atoms with Gasteiger partial charge in [-0.1, -0.05) is 17.3 Å². The first-order chi connectivity index (χ1) is 10.0. The highest BCUT2D eigenvalue weighted by Gasteiger charge is 2.14. The number of nitrogens with zero attached hydrogens (tertiary/aromatic N) is 2. The Bertz CT molecular complexity index is 814. The minimum absolute atomic E-state index is 0.0861. The molecule has 106 valence electrons. The van der Waals surface area contributed by atoms with Gasteiger partial charge < -0.3 is 10.3 Å². The highest BCUT2D eigenvalue weighted by Crippen LogP contribution is 2.27. The molecule has 0 unspecified atom stereocenters. The average molecular weight is 287 g/mol. The minimum atomic E-state index is -0.458. The van der Waals surface area contributed by atoms with Crippen LogP contribution in [-0.4, -0.2) is 10.1 Å². The number of rotatable bonds is 2. The number of anilines is 1. The van der Waals surface area contributed by atoms with Crippen molar-refractivity contribution in [1.82, 2.24) is 10.1 Å². The van der Waals surface area contributed by atoms with Gasteiger partial charge >= 0.3 is 0 Å². The molecule has 0 atom stereocenters. The van der Waals surface area contributed by atoms with E-state index in [9.17, 15) is 8.78 Å². The first kappa shape index (κ1) is 13.2. The second-order valence-electron chi connectivity index (χ2n) is 4.62. The lowest BCUT2D eigenvalue weighted by molar-refractivity contribution is 0.432. The van der Waals surface area contributed by atoms with E-state index in [1.807, 2.05) is 0 Å². The van der Waals surface area contributed by atoms with Crippen molar-refractivity contribution >= 4 is 5.69 Å². The Balaban J connectivity index is 2.03. The molecule has 1 heterocycles.